The number of ether oxygens (including phenoxy) is 1. The summed E-state index contributed by atoms with van der Waals surface area (Å²) in [4.78, 5) is 0. The van der Waals surface area contributed by atoms with Crippen molar-refractivity contribution in [3.05, 3.63) is 23.3 Å². The van der Waals surface area contributed by atoms with Crippen molar-refractivity contribution < 1.29 is 4.74 Å². The summed E-state index contributed by atoms with van der Waals surface area (Å²) in [7, 11) is 0. The average Bonchev–Trinajstić information content (AvgIpc) is 3.00. The Kier molecular flexibility index (Phi) is 14.5. The Bertz CT molecular complexity index is 642. The number of rotatable bonds is 16. The van der Waals surface area contributed by atoms with Gasteiger partial charge in [-0.25, -0.2) is 0 Å². The molecular weight excluding hydrogens is 472 g/mol. The molecule has 0 spiro atoms. The maximum atomic E-state index is 6.07. The van der Waals surface area contributed by atoms with Gasteiger partial charge in [0, 0.05) is 13.2 Å². The van der Waals surface area contributed by atoms with E-state index in [9.17, 15) is 0 Å². The fourth-order valence-electron chi connectivity index (χ4n) is 8.91. The summed E-state index contributed by atoms with van der Waals surface area (Å²) < 4.78 is 6.07. The SMILES string of the molecule is CCCCC1CCC(C2CC=C(CCCOCCCC3=CCC(C4CCC(CCCC)CC4)CC3)CC2)CC1. The number of hydrogen-bond donors (Lipinski definition) is 0. The Morgan fingerprint density at radius 3 is 1.33 bits per heavy atom. The van der Waals surface area contributed by atoms with Gasteiger partial charge in [0.25, 0.3) is 0 Å². The highest BCUT2D eigenvalue weighted by molar-refractivity contribution is 5.08. The highest BCUT2D eigenvalue weighted by atomic mass is 16.5. The van der Waals surface area contributed by atoms with Gasteiger partial charge in [0.2, 0.25) is 0 Å². The first-order valence-corrected chi connectivity index (χ1v) is 18.2. The van der Waals surface area contributed by atoms with Gasteiger partial charge < -0.3 is 4.74 Å². The molecule has 0 heterocycles. The van der Waals surface area contributed by atoms with Gasteiger partial charge in [0.1, 0.15) is 0 Å². The topological polar surface area (TPSA) is 9.23 Å². The Hall–Kier alpha value is -0.560. The number of unbranched alkanes of at least 4 members (excludes halogenated alkanes) is 2. The standard InChI is InChI=1S/C38H66O/c1-3-5-9-31-13-21-35(22-14-31)37-25-17-33(18-26-37)11-7-29-39-30-8-12-34-19-27-38(28-20-34)36-23-15-32(16-24-36)10-6-4-2/h17,19,31-32,35-38H,3-16,18,20-30H2,1-2H3. The Morgan fingerprint density at radius 2 is 0.974 bits per heavy atom. The first-order valence-electron chi connectivity index (χ1n) is 18.2. The lowest BCUT2D eigenvalue weighted by molar-refractivity contribution is 0.128. The van der Waals surface area contributed by atoms with E-state index in [1.54, 1.807) is 11.1 Å². The molecule has 2 atom stereocenters. The maximum absolute atomic E-state index is 6.07. The number of hydrogen-bond acceptors (Lipinski definition) is 1. The van der Waals surface area contributed by atoms with Crippen LogP contribution < -0.4 is 0 Å². The first-order chi connectivity index (χ1) is 19.2. The summed E-state index contributed by atoms with van der Waals surface area (Å²) in [6.45, 7) is 6.61. The van der Waals surface area contributed by atoms with Crippen LogP contribution in [-0.4, -0.2) is 13.2 Å². The summed E-state index contributed by atoms with van der Waals surface area (Å²) >= 11 is 0. The molecule has 0 aromatic rings. The fraction of sp³-hybridized carbons (Fsp3) is 0.895. The molecule has 39 heavy (non-hydrogen) atoms. The third-order valence-corrected chi connectivity index (χ3v) is 11.7. The van der Waals surface area contributed by atoms with E-state index < -0.39 is 0 Å². The van der Waals surface area contributed by atoms with E-state index in [1.807, 2.05) is 0 Å². The minimum atomic E-state index is 0.963. The van der Waals surface area contributed by atoms with E-state index in [4.69, 9.17) is 4.74 Å². The molecule has 0 aromatic heterocycles. The molecule has 0 bridgehead atoms. The average molecular weight is 539 g/mol. The van der Waals surface area contributed by atoms with Gasteiger partial charge in [-0.1, -0.05) is 101 Å². The van der Waals surface area contributed by atoms with Crippen molar-refractivity contribution in [3.8, 4) is 0 Å². The molecule has 0 radical (unpaired) electrons. The van der Waals surface area contributed by atoms with Crippen LogP contribution in [0.2, 0.25) is 0 Å². The molecule has 4 aliphatic carbocycles. The van der Waals surface area contributed by atoms with Gasteiger partial charge >= 0.3 is 0 Å². The van der Waals surface area contributed by atoms with Crippen molar-refractivity contribution in [3.63, 3.8) is 0 Å². The minimum absolute atomic E-state index is 0.963. The van der Waals surface area contributed by atoms with E-state index in [1.165, 1.54) is 154 Å². The van der Waals surface area contributed by atoms with Gasteiger partial charge in [-0.3, -0.25) is 0 Å². The third kappa shape index (κ3) is 11.0. The lowest BCUT2D eigenvalue weighted by Gasteiger charge is -2.35. The van der Waals surface area contributed by atoms with Crippen molar-refractivity contribution >= 4 is 0 Å². The molecule has 1 heteroatoms. The van der Waals surface area contributed by atoms with E-state index in [2.05, 4.69) is 26.0 Å². The molecule has 4 rings (SSSR count). The molecular formula is C38H66O. The molecule has 0 amide bonds. The lowest BCUT2D eigenvalue weighted by Crippen LogP contribution is -2.23. The molecule has 2 saturated carbocycles. The monoisotopic (exact) mass is 539 g/mol. The molecule has 4 aliphatic rings. The molecule has 2 fully saturated rings. The van der Waals surface area contributed by atoms with Gasteiger partial charge in [0.05, 0.1) is 0 Å². The zero-order chi connectivity index (χ0) is 27.1. The highest BCUT2D eigenvalue weighted by Crippen LogP contribution is 2.42. The Morgan fingerprint density at radius 1 is 0.538 bits per heavy atom. The molecule has 0 aliphatic heterocycles. The Labute approximate surface area is 244 Å². The molecule has 2 unspecified atom stereocenters. The van der Waals surface area contributed by atoms with Crippen molar-refractivity contribution in [1.82, 2.24) is 0 Å². The summed E-state index contributed by atoms with van der Waals surface area (Å²) in [6, 6.07) is 0. The van der Waals surface area contributed by atoms with Crippen LogP contribution >= 0.6 is 0 Å². The molecule has 1 nitrogen and oxygen atoms in total. The second kappa shape index (κ2) is 18.1. The summed E-state index contributed by atoms with van der Waals surface area (Å²) in [5.74, 6) is 6.16. The quantitative estimate of drug-likeness (QED) is 0.140. The van der Waals surface area contributed by atoms with Gasteiger partial charge in [-0.15, -0.1) is 0 Å². The van der Waals surface area contributed by atoms with Crippen LogP contribution in [0.5, 0.6) is 0 Å². The van der Waals surface area contributed by atoms with Gasteiger partial charge in [0.15, 0.2) is 0 Å². The molecule has 0 N–H and O–H groups in total. The van der Waals surface area contributed by atoms with Gasteiger partial charge in [-0.2, -0.15) is 0 Å². The van der Waals surface area contributed by atoms with E-state index in [0.717, 1.165) is 48.7 Å². The van der Waals surface area contributed by atoms with E-state index >= 15 is 0 Å². The van der Waals surface area contributed by atoms with E-state index in [0.29, 0.717) is 0 Å². The highest BCUT2D eigenvalue weighted by Gasteiger charge is 2.29. The second-order valence-corrected chi connectivity index (χ2v) is 14.5. The predicted molar refractivity (Wildman–Crippen MR) is 170 cm³/mol. The van der Waals surface area contributed by atoms with Crippen LogP contribution in [0, 0.1) is 35.5 Å². The third-order valence-electron chi connectivity index (χ3n) is 11.7. The van der Waals surface area contributed by atoms with Crippen molar-refractivity contribution in [2.75, 3.05) is 13.2 Å². The second-order valence-electron chi connectivity index (χ2n) is 14.5. The van der Waals surface area contributed by atoms with Crippen LogP contribution in [0.25, 0.3) is 0 Å². The zero-order valence-electron chi connectivity index (χ0n) is 26.4. The zero-order valence-corrected chi connectivity index (χ0v) is 26.4. The first kappa shape index (κ1) is 31.4. The molecule has 224 valence electrons. The van der Waals surface area contributed by atoms with Crippen LogP contribution in [0.4, 0.5) is 0 Å². The lowest BCUT2D eigenvalue weighted by atomic mass is 9.70. The summed E-state index contributed by atoms with van der Waals surface area (Å²) in [5.41, 5.74) is 3.48. The number of allylic oxidation sites excluding steroid dienone is 4. The fourth-order valence-corrected chi connectivity index (χ4v) is 8.91. The minimum Gasteiger partial charge on any atom is -0.381 e. The largest absolute Gasteiger partial charge is 0.381 e. The van der Waals surface area contributed by atoms with Gasteiger partial charge in [-0.05, 0) is 125 Å². The van der Waals surface area contributed by atoms with Crippen LogP contribution in [0.15, 0.2) is 23.3 Å². The van der Waals surface area contributed by atoms with Crippen molar-refractivity contribution in [2.45, 2.75) is 168 Å². The van der Waals surface area contributed by atoms with Crippen molar-refractivity contribution in [2.24, 2.45) is 35.5 Å². The predicted octanol–water partition coefficient (Wildman–Crippen LogP) is 12.0. The Balaban J connectivity index is 0.986. The summed E-state index contributed by atoms with van der Waals surface area (Å²) in [6.07, 6.45) is 39.5. The normalized spacial score (nSPS) is 32.1. The van der Waals surface area contributed by atoms with Crippen LogP contribution in [0.1, 0.15) is 168 Å². The van der Waals surface area contributed by atoms with Crippen LogP contribution in [0.3, 0.4) is 0 Å². The molecule has 0 aromatic carbocycles. The maximum Gasteiger partial charge on any atom is 0.0469 e. The smallest absolute Gasteiger partial charge is 0.0469 e. The van der Waals surface area contributed by atoms with E-state index in [-0.39, 0.29) is 0 Å². The summed E-state index contributed by atoms with van der Waals surface area (Å²) in [5, 5.41) is 0. The van der Waals surface area contributed by atoms with Crippen molar-refractivity contribution in [1.29, 1.82) is 0 Å². The molecule has 0 saturated heterocycles. The van der Waals surface area contributed by atoms with Crippen LogP contribution in [-0.2, 0) is 4.74 Å².